The minimum Gasteiger partial charge on any atom is -0.491 e. The largest absolute Gasteiger partial charge is 0.491 e. The van der Waals surface area contributed by atoms with Gasteiger partial charge in [0.25, 0.3) is 5.91 Å². The summed E-state index contributed by atoms with van der Waals surface area (Å²) in [6.07, 6.45) is 0. The van der Waals surface area contributed by atoms with Crippen LogP contribution in [-0.2, 0) is 4.79 Å². The number of benzene rings is 2. The molecule has 1 atom stereocenters. The monoisotopic (exact) mass is 299 g/mol. The van der Waals surface area contributed by atoms with Crippen LogP contribution in [0.25, 0.3) is 0 Å². The Hall–Kier alpha value is -2.49. The highest BCUT2D eigenvalue weighted by molar-refractivity contribution is 5.77. The lowest BCUT2D eigenvalue weighted by Gasteiger charge is -2.16. The van der Waals surface area contributed by atoms with Gasteiger partial charge in [0.05, 0.1) is 6.04 Å². The Labute approximate surface area is 131 Å². The van der Waals surface area contributed by atoms with E-state index in [2.05, 4.69) is 5.32 Å². The Balaban J connectivity index is 1.71. The van der Waals surface area contributed by atoms with Gasteiger partial charge in [0.1, 0.15) is 18.1 Å². The molecule has 0 spiro atoms. The number of rotatable bonds is 7. The summed E-state index contributed by atoms with van der Waals surface area (Å²) >= 11 is 0. The molecule has 0 aliphatic carbocycles. The molecule has 116 valence electrons. The van der Waals surface area contributed by atoms with Crippen LogP contribution in [-0.4, -0.2) is 25.2 Å². The molecule has 0 radical (unpaired) electrons. The lowest BCUT2D eigenvalue weighted by atomic mass is 10.2. The summed E-state index contributed by atoms with van der Waals surface area (Å²) in [5, 5.41) is 2.85. The number of hydrogen-bond acceptors (Lipinski definition) is 3. The Kier molecular flexibility index (Phi) is 5.83. The SMILES string of the molecule is Cc1ccccc1OCC(C)NC(=O)COc1ccccc1. The van der Waals surface area contributed by atoms with Gasteiger partial charge in [-0.2, -0.15) is 0 Å². The van der Waals surface area contributed by atoms with E-state index in [0.717, 1.165) is 11.3 Å². The molecular weight excluding hydrogens is 278 g/mol. The Morgan fingerprint density at radius 2 is 1.73 bits per heavy atom. The fourth-order valence-electron chi connectivity index (χ4n) is 1.96. The number of nitrogens with one attached hydrogen (secondary N) is 1. The molecule has 22 heavy (non-hydrogen) atoms. The first-order chi connectivity index (χ1) is 10.6. The van der Waals surface area contributed by atoms with Crippen molar-refractivity contribution in [3.05, 3.63) is 60.2 Å². The van der Waals surface area contributed by atoms with Gasteiger partial charge >= 0.3 is 0 Å². The molecule has 0 aliphatic heterocycles. The maximum absolute atomic E-state index is 11.8. The zero-order valence-electron chi connectivity index (χ0n) is 12.9. The van der Waals surface area contributed by atoms with E-state index in [4.69, 9.17) is 9.47 Å². The minimum atomic E-state index is -0.162. The van der Waals surface area contributed by atoms with Gasteiger partial charge in [-0.1, -0.05) is 36.4 Å². The van der Waals surface area contributed by atoms with Crippen molar-refractivity contribution in [1.82, 2.24) is 5.32 Å². The van der Waals surface area contributed by atoms with Gasteiger partial charge < -0.3 is 14.8 Å². The average Bonchev–Trinajstić information content (AvgIpc) is 2.53. The maximum atomic E-state index is 11.8. The third kappa shape index (κ3) is 5.13. The predicted molar refractivity (Wildman–Crippen MR) is 86.2 cm³/mol. The van der Waals surface area contributed by atoms with Crippen molar-refractivity contribution in [3.8, 4) is 11.5 Å². The van der Waals surface area contributed by atoms with E-state index in [0.29, 0.717) is 12.4 Å². The summed E-state index contributed by atoms with van der Waals surface area (Å²) in [5.41, 5.74) is 1.08. The van der Waals surface area contributed by atoms with Crippen LogP contribution >= 0.6 is 0 Å². The summed E-state index contributed by atoms with van der Waals surface area (Å²) in [6, 6.07) is 17.0. The van der Waals surface area contributed by atoms with Crippen molar-refractivity contribution in [2.45, 2.75) is 19.9 Å². The van der Waals surface area contributed by atoms with Crippen LogP contribution in [0.4, 0.5) is 0 Å². The molecule has 4 heteroatoms. The van der Waals surface area contributed by atoms with Crippen LogP contribution in [0, 0.1) is 6.92 Å². The molecule has 0 saturated carbocycles. The lowest BCUT2D eigenvalue weighted by molar-refractivity contribution is -0.123. The van der Waals surface area contributed by atoms with E-state index in [9.17, 15) is 4.79 Å². The quantitative estimate of drug-likeness (QED) is 0.855. The fraction of sp³-hybridized carbons (Fsp3) is 0.278. The molecule has 2 rings (SSSR count). The van der Waals surface area contributed by atoms with E-state index < -0.39 is 0 Å². The molecule has 0 bridgehead atoms. The summed E-state index contributed by atoms with van der Waals surface area (Å²) in [4.78, 5) is 11.8. The number of amides is 1. The standard InChI is InChI=1S/C18H21NO3/c1-14-8-6-7-11-17(14)22-12-15(2)19-18(20)13-21-16-9-4-3-5-10-16/h3-11,15H,12-13H2,1-2H3,(H,19,20). The molecule has 0 heterocycles. The van der Waals surface area contributed by atoms with E-state index in [1.165, 1.54) is 0 Å². The van der Waals surface area contributed by atoms with Gasteiger partial charge in [-0.05, 0) is 37.6 Å². The zero-order chi connectivity index (χ0) is 15.8. The van der Waals surface area contributed by atoms with Gasteiger partial charge in [-0.25, -0.2) is 0 Å². The van der Waals surface area contributed by atoms with Crippen molar-refractivity contribution < 1.29 is 14.3 Å². The first-order valence-electron chi connectivity index (χ1n) is 7.31. The van der Waals surface area contributed by atoms with Crippen molar-refractivity contribution in [2.75, 3.05) is 13.2 Å². The maximum Gasteiger partial charge on any atom is 0.258 e. The molecule has 2 aromatic carbocycles. The fourth-order valence-corrected chi connectivity index (χ4v) is 1.96. The van der Waals surface area contributed by atoms with E-state index in [1.54, 1.807) is 0 Å². The van der Waals surface area contributed by atoms with Crippen LogP contribution in [0.1, 0.15) is 12.5 Å². The van der Waals surface area contributed by atoms with Crippen LogP contribution in [0.3, 0.4) is 0 Å². The second-order valence-electron chi connectivity index (χ2n) is 5.15. The Morgan fingerprint density at radius 3 is 2.45 bits per heavy atom. The van der Waals surface area contributed by atoms with E-state index in [1.807, 2.05) is 68.4 Å². The zero-order valence-corrected chi connectivity index (χ0v) is 12.9. The molecule has 1 N–H and O–H groups in total. The van der Waals surface area contributed by atoms with E-state index >= 15 is 0 Å². The summed E-state index contributed by atoms with van der Waals surface area (Å²) in [5.74, 6) is 1.36. The topological polar surface area (TPSA) is 47.6 Å². The molecular formula is C18H21NO3. The molecule has 0 aromatic heterocycles. The number of aryl methyl sites for hydroxylation is 1. The van der Waals surface area contributed by atoms with Crippen molar-refractivity contribution in [2.24, 2.45) is 0 Å². The third-order valence-corrected chi connectivity index (χ3v) is 3.10. The summed E-state index contributed by atoms with van der Waals surface area (Å²) < 4.78 is 11.1. The molecule has 0 saturated heterocycles. The minimum absolute atomic E-state index is 0.00127. The molecule has 4 nitrogen and oxygen atoms in total. The van der Waals surface area contributed by atoms with Crippen LogP contribution in [0.5, 0.6) is 11.5 Å². The highest BCUT2D eigenvalue weighted by Crippen LogP contribution is 2.16. The number of hydrogen-bond donors (Lipinski definition) is 1. The van der Waals surface area contributed by atoms with Gasteiger partial charge in [-0.3, -0.25) is 4.79 Å². The van der Waals surface area contributed by atoms with Gasteiger partial charge in [-0.15, -0.1) is 0 Å². The first kappa shape index (κ1) is 15.9. The molecule has 0 fully saturated rings. The molecule has 1 amide bonds. The highest BCUT2D eigenvalue weighted by atomic mass is 16.5. The first-order valence-corrected chi connectivity index (χ1v) is 7.31. The van der Waals surface area contributed by atoms with Crippen LogP contribution < -0.4 is 14.8 Å². The number of carbonyl (C=O) groups is 1. The number of para-hydroxylation sites is 2. The number of carbonyl (C=O) groups excluding carboxylic acids is 1. The predicted octanol–water partition coefficient (Wildman–Crippen LogP) is 2.96. The van der Waals surface area contributed by atoms with Crippen molar-refractivity contribution in [3.63, 3.8) is 0 Å². The van der Waals surface area contributed by atoms with Crippen LogP contribution in [0.2, 0.25) is 0 Å². The summed E-state index contributed by atoms with van der Waals surface area (Å²) in [6.45, 7) is 4.31. The number of ether oxygens (including phenoxy) is 2. The molecule has 1 unspecified atom stereocenters. The highest BCUT2D eigenvalue weighted by Gasteiger charge is 2.09. The normalized spacial score (nSPS) is 11.5. The average molecular weight is 299 g/mol. The van der Waals surface area contributed by atoms with E-state index in [-0.39, 0.29) is 18.6 Å². The smallest absolute Gasteiger partial charge is 0.258 e. The Morgan fingerprint density at radius 1 is 1.05 bits per heavy atom. The van der Waals surface area contributed by atoms with Gasteiger partial charge in [0.2, 0.25) is 0 Å². The summed E-state index contributed by atoms with van der Waals surface area (Å²) in [7, 11) is 0. The van der Waals surface area contributed by atoms with Gasteiger partial charge in [0.15, 0.2) is 6.61 Å². The second kappa shape index (κ2) is 8.08. The van der Waals surface area contributed by atoms with Crippen LogP contribution in [0.15, 0.2) is 54.6 Å². The second-order valence-corrected chi connectivity index (χ2v) is 5.15. The molecule has 2 aromatic rings. The Bertz CT molecular complexity index is 598. The van der Waals surface area contributed by atoms with Gasteiger partial charge in [0, 0.05) is 0 Å². The lowest BCUT2D eigenvalue weighted by Crippen LogP contribution is -2.39. The third-order valence-electron chi connectivity index (χ3n) is 3.10. The van der Waals surface area contributed by atoms with Crippen molar-refractivity contribution >= 4 is 5.91 Å². The molecule has 0 aliphatic rings. The van der Waals surface area contributed by atoms with Crippen molar-refractivity contribution in [1.29, 1.82) is 0 Å².